The highest BCUT2D eigenvalue weighted by atomic mass is 127. The third kappa shape index (κ3) is 3.34. The van der Waals surface area contributed by atoms with Gasteiger partial charge in [0.15, 0.2) is 0 Å². The quantitative estimate of drug-likeness (QED) is 0.269. The fourth-order valence-electron chi connectivity index (χ4n) is 0.380. The highest BCUT2D eigenvalue weighted by molar-refractivity contribution is 14.1. The molecular weight excluding hydrogens is 435 g/mol. The van der Waals surface area contributed by atoms with Crippen LogP contribution in [0.3, 0.4) is 0 Å². The van der Waals surface area contributed by atoms with Gasteiger partial charge in [-0.25, -0.2) is 4.39 Å². The lowest BCUT2D eigenvalue weighted by Gasteiger charge is -2.30. The zero-order valence-corrected chi connectivity index (χ0v) is 10.4. The van der Waals surface area contributed by atoms with Gasteiger partial charge in [-0.3, -0.25) is 0 Å². The first kappa shape index (κ1) is 16.2. The van der Waals surface area contributed by atoms with Crippen LogP contribution in [-0.2, 0) is 4.74 Å². The Morgan fingerprint density at radius 2 is 1.38 bits per heavy atom. The van der Waals surface area contributed by atoms with Crippen molar-refractivity contribution in [3.8, 4) is 0 Å². The van der Waals surface area contributed by atoms with Crippen LogP contribution in [0.15, 0.2) is 12.1 Å². The Kier molecular flexibility index (Phi) is 4.88. The van der Waals surface area contributed by atoms with Gasteiger partial charge < -0.3 is 4.74 Å². The van der Waals surface area contributed by atoms with E-state index in [1.807, 2.05) is 0 Å². The van der Waals surface area contributed by atoms with Crippen LogP contribution in [-0.4, -0.2) is 14.6 Å². The average Bonchev–Trinajstić information content (AvgIpc) is 2.00. The van der Waals surface area contributed by atoms with Crippen LogP contribution in [0.25, 0.3) is 0 Å². The molecule has 0 aliphatic heterocycles. The van der Waals surface area contributed by atoms with Gasteiger partial charge in [0.2, 0.25) is 0 Å². The maximum atomic E-state index is 12.8. The maximum Gasteiger partial charge on any atom is 0.452 e. The summed E-state index contributed by atoms with van der Waals surface area (Å²) in [5, 5.41) is 0. The lowest BCUT2D eigenvalue weighted by Crippen LogP contribution is -2.50. The molecule has 1 nitrogen and oxygen atoms in total. The number of alkyl halides is 7. The molecule has 0 aliphatic rings. The molecule has 1 atom stereocenters. The van der Waals surface area contributed by atoms with Crippen LogP contribution in [0.1, 0.15) is 0 Å². The fraction of sp³-hybridized carbons (Fsp3) is 0.600. The molecule has 0 bridgehead atoms. The molecule has 1 unspecified atom stereocenters. The molecule has 0 rings (SSSR count). The van der Waals surface area contributed by atoms with Crippen molar-refractivity contribution < 1.29 is 39.9 Å². The molecular formula is C5BrF8IO. The Labute approximate surface area is 105 Å². The molecule has 0 saturated heterocycles. The Hall–Kier alpha value is 0.190. The molecule has 0 spiro atoms. The van der Waals surface area contributed by atoms with E-state index < -0.39 is 26.7 Å². The summed E-state index contributed by atoms with van der Waals surface area (Å²) in [5.74, 6) is 0. The molecule has 16 heavy (non-hydrogen) atoms. The fourth-order valence-corrected chi connectivity index (χ4v) is 0.775. The van der Waals surface area contributed by atoms with Crippen molar-refractivity contribution >= 4 is 38.5 Å². The Bertz CT molecular complexity index is 293. The van der Waals surface area contributed by atoms with E-state index >= 15 is 0 Å². The highest BCUT2D eigenvalue weighted by Crippen LogP contribution is 2.53. The SMILES string of the molecule is FC(F)=C(F)OC(F)(F)C(F)(Br)C(F)(F)I. The van der Waals surface area contributed by atoms with Crippen LogP contribution in [0, 0.1) is 0 Å². The molecule has 0 aliphatic carbocycles. The molecule has 0 N–H and O–H groups in total. The number of hydrogen-bond donors (Lipinski definition) is 0. The normalized spacial score (nSPS) is 16.6. The third-order valence-electron chi connectivity index (χ3n) is 1.09. The zero-order valence-electron chi connectivity index (χ0n) is 6.69. The minimum atomic E-state index is -5.54. The Morgan fingerprint density at radius 1 is 1.00 bits per heavy atom. The first-order valence-electron chi connectivity index (χ1n) is 3.05. The van der Waals surface area contributed by atoms with E-state index in [1.54, 1.807) is 0 Å². The molecule has 0 radical (unpaired) electrons. The smallest absolute Gasteiger partial charge is 0.399 e. The van der Waals surface area contributed by atoms with E-state index in [2.05, 4.69) is 4.74 Å². The molecule has 0 saturated carbocycles. The van der Waals surface area contributed by atoms with Gasteiger partial charge in [0.05, 0.1) is 0 Å². The van der Waals surface area contributed by atoms with Crippen molar-refractivity contribution in [3.63, 3.8) is 0 Å². The van der Waals surface area contributed by atoms with Gasteiger partial charge in [-0.15, -0.1) is 0 Å². The number of halogens is 10. The summed E-state index contributed by atoms with van der Waals surface area (Å²) < 4.78 is 90.2. The minimum Gasteiger partial charge on any atom is -0.399 e. The number of ether oxygens (including phenoxy) is 1. The first-order valence-corrected chi connectivity index (χ1v) is 4.92. The monoisotopic (exact) mass is 434 g/mol. The molecule has 0 aromatic rings. The average molecular weight is 435 g/mol. The van der Waals surface area contributed by atoms with Gasteiger partial charge in [0.25, 0.3) is 0 Å². The standard InChI is InChI=1S/C5BrF8IO/c6-3(10,4(11,12)15)5(13,14)16-2(9)1(7)8. The van der Waals surface area contributed by atoms with Crippen molar-refractivity contribution in [2.24, 2.45) is 0 Å². The summed E-state index contributed by atoms with van der Waals surface area (Å²) in [6.45, 7) is 0. The van der Waals surface area contributed by atoms with Crippen LogP contribution in [0.4, 0.5) is 35.1 Å². The topological polar surface area (TPSA) is 9.23 Å². The summed E-state index contributed by atoms with van der Waals surface area (Å²) in [7, 11) is 0. The predicted octanol–water partition coefficient (Wildman–Crippen LogP) is 4.72. The van der Waals surface area contributed by atoms with Gasteiger partial charge in [-0.05, 0) is 15.9 Å². The molecule has 0 aromatic heterocycles. The Balaban J connectivity index is 5.15. The molecule has 11 heteroatoms. The van der Waals surface area contributed by atoms with Crippen LogP contribution < -0.4 is 0 Å². The van der Waals surface area contributed by atoms with Crippen molar-refractivity contribution in [2.75, 3.05) is 0 Å². The van der Waals surface area contributed by atoms with E-state index in [9.17, 15) is 35.1 Å². The van der Waals surface area contributed by atoms with Gasteiger partial charge >= 0.3 is 26.7 Å². The summed E-state index contributed by atoms with van der Waals surface area (Å²) in [6, 6.07) is -3.15. The lowest BCUT2D eigenvalue weighted by atomic mass is 10.4. The largest absolute Gasteiger partial charge is 0.452 e. The van der Waals surface area contributed by atoms with E-state index in [0.29, 0.717) is 0 Å². The zero-order chi connectivity index (χ0) is 13.4. The van der Waals surface area contributed by atoms with Crippen molar-refractivity contribution in [2.45, 2.75) is 14.6 Å². The molecule has 0 amide bonds. The van der Waals surface area contributed by atoms with Gasteiger partial charge in [-0.1, -0.05) is 0 Å². The second-order valence-electron chi connectivity index (χ2n) is 2.23. The first-order chi connectivity index (χ1) is 6.83. The third-order valence-corrected chi connectivity index (χ3v) is 3.53. The van der Waals surface area contributed by atoms with Crippen molar-refractivity contribution in [3.05, 3.63) is 12.1 Å². The second kappa shape index (κ2) is 4.82. The minimum absolute atomic E-state index is 0.0325. The predicted molar refractivity (Wildman–Crippen MR) is 48.1 cm³/mol. The van der Waals surface area contributed by atoms with Crippen molar-refractivity contribution in [1.29, 1.82) is 0 Å². The van der Waals surface area contributed by atoms with Gasteiger partial charge in [-0.2, -0.15) is 30.7 Å². The summed E-state index contributed by atoms with van der Waals surface area (Å²) >= 11 is 1.24. The summed E-state index contributed by atoms with van der Waals surface area (Å²) in [4.78, 5) is 0. The summed E-state index contributed by atoms with van der Waals surface area (Å²) in [5.41, 5.74) is 0. The van der Waals surface area contributed by atoms with E-state index in [4.69, 9.17) is 0 Å². The second-order valence-corrected chi connectivity index (χ2v) is 4.67. The van der Waals surface area contributed by atoms with E-state index in [-0.39, 0.29) is 22.6 Å². The lowest BCUT2D eigenvalue weighted by molar-refractivity contribution is -0.296. The molecule has 96 valence electrons. The van der Waals surface area contributed by atoms with Crippen LogP contribution in [0.5, 0.6) is 0 Å². The number of rotatable bonds is 4. The van der Waals surface area contributed by atoms with Gasteiger partial charge in [0, 0.05) is 22.6 Å². The van der Waals surface area contributed by atoms with E-state index in [1.165, 1.54) is 15.9 Å². The molecule has 0 aromatic carbocycles. The van der Waals surface area contributed by atoms with Gasteiger partial charge in [0.1, 0.15) is 0 Å². The Morgan fingerprint density at radius 3 is 1.62 bits per heavy atom. The molecule has 0 fully saturated rings. The summed E-state index contributed by atoms with van der Waals surface area (Å²) in [6.07, 6.45) is -8.87. The van der Waals surface area contributed by atoms with E-state index in [0.717, 1.165) is 0 Å². The maximum absolute atomic E-state index is 12.8. The van der Waals surface area contributed by atoms with Crippen LogP contribution >= 0.6 is 38.5 Å². The highest BCUT2D eigenvalue weighted by Gasteiger charge is 2.70. The number of hydrogen-bond acceptors (Lipinski definition) is 1. The van der Waals surface area contributed by atoms with Crippen molar-refractivity contribution in [1.82, 2.24) is 0 Å². The molecule has 0 heterocycles. The van der Waals surface area contributed by atoms with Crippen LogP contribution in [0.2, 0.25) is 0 Å².